The van der Waals surface area contributed by atoms with Crippen molar-refractivity contribution in [3.63, 3.8) is 0 Å². The molecule has 0 radical (unpaired) electrons. The molecule has 106 valence electrons. The number of nitrogens with one attached hydrogen (secondary N) is 2. The van der Waals surface area contributed by atoms with Gasteiger partial charge in [0.15, 0.2) is 5.69 Å². The molecule has 0 spiro atoms. The Labute approximate surface area is 117 Å². The number of carbonyl (C=O) groups excluding carboxylic acids is 1. The van der Waals surface area contributed by atoms with Crippen LogP contribution in [0.1, 0.15) is 34.7 Å². The van der Waals surface area contributed by atoms with Crippen LogP contribution in [0.25, 0.3) is 0 Å². The van der Waals surface area contributed by atoms with Gasteiger partial charge in [0.05, 0.1) is 24.5 Å². The van der Waals surface area contributed by atoms with E-state index < -0.39 is 0 Å². The molecule has 1 amide bonds. The zero-order chi connectivity index (χ0) is 14.7. The van der Waals surface area contributed by atoms with Gasteiger partial charge in [-0.25, -0.2) is 0 Å². The lowest BCUT2D eigenvalue weighted by molar-refractivity contribution is 0.0935. The number of nitrogens with two attached hydrogens (primary N) is 1. The van der Waals surface area contributed by atoms with Crippen molar-refractivity contribution in [2.75, 3.05) is 12.8 Å². The van der Waals surface area contributed by atoms with E-state index >= 15 is 0 Å². The van der Waals surface area contributed by atoms with E-state index in [1.807, 2.05) is 31.2 Å². The number of nitrogens with zero attached hydrogens (tertiary/aromatic N) is 1. The van der Waals surface area contributed by atoms with Crippen molar-refractivity contribution < 1.29 is 9.53 Å². The van der Waals surface area contributed by atoms with Gasteiger partial charge in [-0.15, -0.1) is 0 Å². The zero-order valence-electron chi connectivity index (χ0n) is 11.7. The molecule has 1 aromatic carbocycles. The molecule has 2 aromatic rings. The van der Waals surface area contributed by atoms with Crippen LogP contribution in [-0.4, -0.2) is 23.2 Å². The first-order chi connectivity index (χ1) is 9.54. The lowest BCUT2D eigenvalue weighted by atomic mass is 10.1. The maximum Gasteiger partial charge on any atom is 0.274 e. The molecule has 0 aliphatic rings. The number of hydrogen-bond acceptors (Lipinski definition) is 4. The Kier molecular flexibility index (Phi) is 3.93. The predicted octanol–water partition coefficient (Wildman–Crippen LogP) is 1.80. The number of nitrogen functional groups attached to an aromatic ring is 1. The normalized spacial score (nSPS) is 11.9. The molecule has 4 N–H and O–H groups in total. The molecule has 1 aromatic heterocycles. The third-order valence-electron chi connectivity index (χ3n) is 3.16. The summed E-state index contributed by atoms with van der Waals surface area (Å²) in [6.45, 7) is 3.65. The highest BCUT2D eigenvalue weighted by Crippen LogP contribution is 2.24. The van der Waals surface area contributed by atoms with Gasteiger partial charge in [-0.3, -0.25) is 9.89 Å². The molecular weight excluding hydrogens is 256 g/mol. The standard InChI is InChI=1S/C14H18N4O2/c1-8(10-6-4-5-7-11(10)20-3)16-14(19)13-12(15)9(2)17-18-13/h4-8H,15H2,1-3H3,(H,16,19)(H,17,18). The quantitative estimate of drug-likeness (QED) is 0.792. The van der Waals surface area contributed by atoms with E-state index in [9.17, 15) is 4.79 Å². The highest BCUT2D eigenvalue weighted by atomic mass is 16.5. The highest BCUT2D eigenvalue weighted by molar-refractivity contribution is 5.97. The molecule has 1 unspecified atom stereocenters. The Bertz CT molecular complexity index is 621. The largest absolute Gasteiger partial charge is 0.496 e. The number of H-pyrrole nitrogens is 1. The molecule has 0 fully saturated rings. The van der Waals surface area contributed by atoms with Crippen LogP contribution in [0.2, 0.25) is 0 Å². The number of amides is 1. The Balaban J connectivity index is 2.17. The van der Waals surface area contributed by atoms with Gasteiger partial charge in [-0.05, 0) is 19.9 Å². The van der Waals surface area contributed by atoms with Crippen molar-refractivity contribution in [3.8, 4) is 5.75 Å². The number of aryl methyl sites for hydroxylation is 1. The molecule has 1 heterocycles. The smallest absolute Gasteiger partial charge is 0.274 e. The van der Waals surface area contributed by atoms with Crippen molar-refractivity contribution >= 4 is 11.6 Å². The molecule has 0 aliphatic carbocycles. The zero-order valence-corrected chi connectivity index (χ0v) is 11.7. The Hall–Kier alpha value is -2.50. The van der Waals surface area contributed by atoms with Crippen molar-refractivity contribution in [3.05, 3.63) is 41.2 Å². The van der Waals surface area contributed by atoms with Crippen LogP contribution in [0.3, 0.4) is 0 Å². The summed E-state index contributed by atoms with van der Waals surface area (Å²) >= 11 is 0. The molecule has 0 saturated heterocycles. The first-order valence-electron chi connectivity index (χ1n) is 6.28. The fraction of sp³-hybridized carbons (Fsp3) is 0.286. The van der Waals surface area contributed by atoms with Gasteiger partial charge in [0, 0.05) is 5.56 Å². The van der Waals surface area contributed by atoms with Crippen LogP contribution >= 0.6 is 0 Å². The van der Waals surface area contributed by atoms with Gasteiger partial charge in [-0.1, -0.05) is 18.2 Å². The monoisotopic (exact) mass is 274 g/mol. The van der Waals surface area contributed by atoms with E-state index in [0.29, 0.717) is 11.4 Å². The van der Waals surface area contributed by atoms with Gasteiger partial charge in [-0.2, -0.15) is 5.10 Å². The van der Waals surface area contributed by atoms with Crippen LogP contribution in [0.4, 0.5) is 5.69 Å². The van der Waals surface area contributed by atoms with Crippen LogP contribution < -0.4 is 15.8 Å². The van der Waals surface area contributed by atoms with Gasteiger partial charge >= 0.3 is 0 Å². The molecule has 6 nitrogen and oxygen atoms in total. The average Bonchev–Trinajstić information content (AvgIpc) is 2.79. The van der Waals surface area contributed by atoms with Crippen molar-refractivity contribution in [1.29, 1.82) is 0 Å². The minimum absolute atomic E-state index is 0.212. The van der Waals surface area contributed by atoms with Gasteiger partial charge in [0.25, 0.3) is 5.91 Å². The van der Waals surface area contributed by atoms with Crippen molar-refractivity contribution in [2.45, 2.75) is 19.9 Å². The minimum Gasteiger partial charge on any atom is -0.496 e. The third kappa shape index (κ3) is 2.59. The Morgan fingerprint density at radius 2 is 2.15 bits per heavy atom. The second kappa shape index (κ2) is 5.64. The summed E-state index contributed by atoms with van der Waals surface area (Å²) in [5.41, 5.74) is 7.96. The van der Waals surface area contributed by atoms with E-state index in [2.05, 4.69) is 15.5 Å². The van der Waals surface area contributed by atoms with Gasteiger partial charge in [0.1, 0.15) is 5.75 Å². The topological polar surface area (TPSA) is 93.0 Å². The summed E-state index contributed by atoms with van der Waals surface area (Å²) in [4.78, 5) is 12.1. The number of hydrogen-bond donors (Lipinski definition) is 3. The summed E-state index contributed by atoms with van der Waals surface area (Å²) in [5, 5.41) is 9.46. The van der Waals surface area contributed by atoms with E-state index in [1.165, 1.54) is 0 Å². The number of carbonyl (C=O) groups is 1. The van der Waals surface area contributed by atoms with Crippen molar-refractivity contribution in [2.24, 2.45) is 0 Å². The summed E-state index contributed by atoms with van der Waals surface area (Å²) in [5.74, 6) is 0.414. The maximum atomic E-state index is 12.1. The van der Waals surface area contributed by atoms with Crippen LogP contribution in [0.15, 0.2) is 24.3 Å². The molecule has 0 aliphatic heterocycles. The van der Waals surface area contributed by atoms with E-state index in [1.54, 1.807) is 14.0 Å². The second-order valence-corrected chi connectivity index (χ2v) is 4.55. The number of rotatable bonds is 4. The highest BCUT2D eigenvalue weighted by Gasteiger charge is 2.19. The summed E-state index contributed by atoms with van der Waals surface area (Å²) in [6, 6.07) is 7.32. The molecule has 0 saturated carbocycles. The maximum absolute atomic E-state index is 12.1. The molecule has 2 rings (SSSR count). The number of aromatic nitrogens is 2. The average molecular weight is 274 g/mol. The molecule has 6 heteroatoms. The SMILES string of the molecule is COc1ccccc1C(C)NC(=O)c1n[nH]c(C)c1N. The number of methoxy groups -OCH3 is 1. The second-order valence-electron chi connectivity index (χ2n) is 4.55. The number of ether oxygens (including phenoxy) is 1. The number of para-hydroxylation sites is 1. The van der Waals surface area contributed by atoms with Crippen LogP contribution in [-0.2, 0) is 0 Å². The molecule has 0 bridgehead atoms. The molecular formula is C14H18N4O2. The van der Waals surface area contributed by atoms with Crippen LogP contribution in [0.5, 0.6) is 5.75 Å². The minimum atomic E-state index is -0.315. The van der Waals surface area contributed by atoms with E-state index in [0.717, 1.165) is 11.3 Å². The molecule has 20 heavy (non-hydrogen) atoms. The first kappa shape index (κ1) is 13.9. The summed E-state index contributed by atoms with van der Waals surface area (Å²) in [6.07, 6.45) is 0. The predicted molar refractivity (Wildman–Crippen MR) is 76.6 cm³/mol. The first-order valence-corrected chi connectivity index (χ1v) is 6.28. The van der Waals surface area contributed by atoms with Crippen LogP contribution in [0, 0.1) is 6.92 Å². The summed E-state index contributed by atoms with van der Waals surface area (Å²) in [7, 11) is 1.60. The lowest BCUT2D eigenvalue weighted by Gasteiger charge is -2.16. The lowest BCUT2D eigenvalue weighted by Crippen LogP contribution is -2.27. The third-order valence-corrected chi connectivity index (χ3v) is 3.16. The van der Waals surface area contributed by atoms with E-state index in [4.69, 9.17) is 10.5 Å². The van der Waals surface area contributed by atoms with E-state index in [-0.39, 0.29) is 17.6 Å². The fourth-order valence-corrected chi connectivity index (χ4v) is 1.98. The number of anilines is 1. The Morgan fingerprint density at radius 1 is 1.45 bits per heavy atom. The number of aromatic amines is 1. The Morgan fingerprint density at radius 3 is 2.75 bits per heavy atom. The van der Waals surface area contributed by atoms with Gasteiger partial charge < -0.3 is 15.8 Å². The fourth-order valence-electron chi connectivity index (χ4n) is 1.98. The number of benzene rings is 1. The summed E-state index contributed by atoms with van der Waals surface area (Å²) < 4.78 is 5.28. The van der Waals surface area contributed by atoms with Gasteiger partial charge in [0.2, 0.25) is 0 Å². The molecule has 1 atom stereocenters. The van der Waals surface area contributed by atoms with Crippen molar-refractivity contribution in [1.82, 2.24) is 15.5 Å².